The zero-order valence-corrected chi connectivity index (χ0v) is 22.2. The normalized spacial score (nSPS) is 16.7. The third-order valence-electron chi connectivity index (χ3n) is 6.33. The monoisotopic (exact) mass is 558 g/mol. The van der Waals surface area contributed by atoms with E-state index in [2.05, 4.69) is 15.4 Å². The van der Waals surface area contributed by atoms with Crippen LogP contribution >= 0.6 is 0 Å². The summed E-state index contributed by atoms with van der Waals surface area (Å²) < 4.78 is 28.8. The Bertz CT molecular complexity index is 1350. The summed E-state index contributed by atoms with van der Waals surface area (Å²) in [6, 6.07) is 10.5. The number of rotatable bonds is 13. The molecule has 2 aromatic rings. The molecule has 1 fully saturated rings. The van der Waals surface area contributed by atoms with Gasteiger partial charge in [-0.2, -0.15) is 4.72 Å². The second-order valence-corrected chi connectivity index (χ2v) is 11.1. The van der Waals surface area contributed by atoms with Gasteiger partial charge in [-0.05, 0) is 47.7 Å². The standard InChI is InChI=1S/C26H34N6O6S/c27-26(28)32-12-4-5-18(17-32)15-30-24(34)14-22(23(33)8-3-11-29-16-25(35)36)31-39(37,38)21-10-9-19-6-1-2-7-20(19)13-21/h1-3,6-10,13,18,22,29,31H,4-5,11-12,14-17H2,(H3,27,28)(H,30,34)(H,35,36)/t18-,22-/m0/s1. The molecular formula is C26H34N6O6S. The summed E-state index contributed by atoms with van der Waals surface area (Å²) in [5.41, 5.74) is 5.57. The third-order valence-corrected chi connectivity index (χ3v) is 7.80. The van der Waals surface area contributed by atoms with Gasteiger partial charge in [-0.3, -0.25) is 19.8 Å². The molecule has 3 rings (SSSR count). The molecule has 0 spiro atoms. The molecule has 1 saturated heterocycles. The molecule has 0 unspecified atom stereocenters. The number of guanidine groups is 1. The van der Waals surface area contributed by atoms with Crippen molar-refractivity contribution in [3.05, 3.63) is 54.6 Å². The number of likely N-dealkylation sites (tertiary alicyclic amines) is 1. The van der Waals surface area contributed by atoms with Crippen LogP contribution in [0.15, 0.2) is 59.5 Å². The van der Waals surface area contributed by atoms with E-state index < -0.39 is 40.1 Å². The van der Waals surface area contributed by atoms with Gasteiger partial charge in [-0.25, -0.2) is 8.42 Å². The molecule has 1 heterocycles. The highest BCUT2D eigenvalue weighted by molar-refractivity contribution is 7.89. The number of amides is 1. The molecule has 0 aliphatic carbocycles. The highest BCUT2D eigenvalue weighted by Crippen LogP contribution is 2.20. The van der Waals surface area contributed by atoms with Gasteiger partial charge in [0.15, 0.2) is 11.7 Å². The summed E-state index contributed by atoms with van der Waals surface area (Å²) in [4.78, 5) is 38.0. The number of carbonyl (C=O) groups excluding carboxylic acids is 2. The lowest BCUT2D eigenvalue weighted by Gasteiger charge is -2.33. The minimum atomic E-state index is -4.16. The van der Waals surface area contributed by atoms with Crippen molar-refractivity contribution >= 4 is 44.4 Å². The van der Waals surface area contributed by atoms with Crippen molar-refractivity contribution in [1.29, 1.82) is 5.41 Å². The Morgan fingerprint density at radius 2 is 1.92 bits per heavy atom. The molecule has 1 aliphatic rings. The highest BCUT2D eigenvalue weighted by Gasteiger charge is 2.28. The van der Waals surface area contributed by atoms with Crippen LogP contribution in [0.25, 0.3) is 10.8 Å². The second kappa shape index (κ2) is 13.8. The van der Waals surface area contributed by atoms with Crippen molar-refractivity contribution in [1.82, 2.24) is 20.3 Å². The van der Waals surface area contributed by atoms with Crippen molar-refractivity contribution in [2.24, 2.45) is 11.7 Å². The van der Waals surface area contributed by atoms with Crippen LogP contribution in [0.4, 0.5) is 0 Å². The molecule has 210 valence electrons. The Morgan fingerprint density at radius 1 is 1.18 bits per heavy atom. The summed E-state index contributed by atoms with van der Waals surface area (Å²) in [6.45, 7) is 1.28. The van der Waals surface area contributed by atoms with Crippen LogP contribution in [-0.2, 0) is 24.4 Å². The van der Waals surface area contributed by atoms with Crippen molar-refractivity contribution < 1.29 is 27.9 Å². The maximum absolute atomic E-state index is 13.2. The summed E-state index contributed by atoms with van der Waals surface area (Å²) in [5.74, 6) is -2.17. The zero-order chi connectivity index (χ0) is 28.4. The second-order valence-electron chi connectivity index (χ2n) is 9.36. The fraction of sp³-hybridized carbons (Fsp3) is 0.385. The van der Waals surface area contributed by atoms with Crippen LogP contribution < -0.4 is 21.1 Å². The number of hydrogen-bond acceptors (Lipinski definition) is 7. The number of aliphatic carboxylic acids is 1. The fourth-order valence-corrected chi connectivity index (χ4v) is 5.55. The number of sulfonamides is 1. The average molecular weight is 559 g/mol. The van der Waals surface area contributed by atoms with Crippen LogP contribution in [-0.4, -0.2) is 80.8 Å². The van der Waals surface area contributed by atoms with Crippen LogP contribution in [0.2, 0.25) is 0 Å². The van der Waals surface area contributed by atoms with Gasteiger partial charge in [0.1, 0.15) is 0 Å². The van der Waals surface area contributed by atoms with Crippen molar-refractivity contribution in [3.8, 4) is 0 Å². The van der Waals surface area contributed by atoms with Crippen LogP contribution in [0.3, 0.4) is 0 Å². The molecule has 2 aromatic carbocycles. The smallest absolute Gasteiger partial charge is 0.317 e. The zero-order valence-electron chi connectivity index (χ0n) is 21.4. The first-order valence-electron chi connectivity index (χ1n) is 12.5. The molecule has 13 heteroatoms. The van der Waals surface area contributed by atoms with Gasteiger partial charge in [0.25, 0.3) is 0 Å². The minimum absolute atomic E-state index is 0.0237. The maximum atomic E-state index is 13.2. The van der Waals surface area contributed by atoms with Crippen molar-refractivity contribution in [2.75, 3.05) is 32.7 Å². The molecule has 0 aromatic heterocycles. The first-order chi connectivity index (χ1) is 18.5. The van der Waals surface area contributed by atoms with Gasteiger partial charge >= 0.3 is 5.97 Å². The van der Waals surface area contributed by atoms with Crippen molar-refractivity contribution in [2.45, 2.75) is 30.2 Å². The Balaban J connectivity index is 1.70. The molecule has 2 atom stereocenters. The van der Waals surface area contributed by atoms with E-state index in [1.165, 1.54) is 18.2 Å². The lowest BCUT2D eigenvalue weighted by Crippen LogP contribution is -2.47. The van der Waals surface area contributed by atoms with Gasteiger partial charge in [0, 0.05) is 26.2 Å². The minimum Gasteiger partial charge on any atom is -0.480 e. The van der Waals surface area contributed by atoms with Gasteiger partial charge in [-0.15, -0.1) is 0 Å². The maximum Gasteiger partial charge on any atom is 0.317 e. The largest absolute Gasteiger partial charge is 0.480 e. The van der Waals surface area contributed by atoms with Crippen molar-refractivity contribution in [3.63, 3.8) is 0 Å². The summed E-state index contributed by atoms with van der Waals surface area (Å²) in [5, 5.41) is 23.2. The number of carboxylic acid groups (broad SMARTS) is 1. The van der Waals surface area contributed by atoms with Crippen LogP contribution in [0.5, 0.6) is 0 Å². The number of nitrogens with two attached hydrogens (primary N) is 1. The first-order valence-corrected chi connectivity index (χ1v) is 14.0. The number of benzene rings is 2. The molecule has 12 nitrogen and oxygen atoms in total. The van der Waals surface area contributed by atoms with E-state index >= 15 is 0 Å². The number of carbonyl (C=O) groups is 3. The molecule has 0 radical (unpaired) electrons. The molecule has 1 amide bonds. The van der Waals surface area contributed by atoms with E-state index in [0.29, 0.717) is 25.0 Å². The number of nitrogens with zero attached hydrogens (tertiary/aromatic N) is 1. The Kier molecular flexibility index (Phi) is 10.5. The van der Waals surface area contributed by atoms with E-state index in [1.807, 2.05) is 12.1 Å². The number of nitrogens with one attached hydrogen (secondary N) is 4. The van der Waals surface area contributed by atoms with Crippen LogP contribution in [0.1, 0.15) is 19.3 Å². The molecule has 0 bridgehead atoms. The predicted octanol–water partition coefficient (Wildman–Crippen LogP) is 0.398. The Morgan fingerprint density at radius 3 is 2.64 bits per heavy atom. The lowest BCUT2D eigenvalue weighted by atomic mass is 9.98. The van der Waals surface area contributed by atoms with Gasteiger partial charge in [-0.1, -0.05) is 36.4 Å². The van der Waals surface area contributed by atoms with E-state index in [1.54, 1.807) is 23.1 Å². The number of hydrogen-bond donors (Lipinski definition) is 6. The van der Waals surface area contributed by atoms with Gasteiger partial charge in [0.2, 0.25) is 15.9 Å². The SMILES string of the molecule is N=C(N)N1CCC[C@@H](CNC(=O)C[C@H](NS(=O)(=O)c2ccc3ccccc3c2)C(=O)C=CCNCC(=O)O)C1. The van der Waals surface area contributed by atoms with E-state index in [0.717, 1.165) is 24.3 Å². The summed E-state index contributed by atoms with van der Waals surface area (Å²) >= 11 is 0. The van der Waals surface area contributed by atoms with E-state index in [9.17, 15) is 22.8 Å². The third kappa shape index (κ3) is 9.16. The topological polar surface area (TPSA) is 195 Å². The fourth-order valence-electron chi connectivity index (χ4n) is 4.31. The predicted molar refractivity (Wildman–Crippen MR) is 147 cm³/mol. The molecular weight excluding hydrogens is 524 g/mol. The summed E-state index contributed by atoms with van der Waals surface area (Å²) in [6.07, 6.45) is 3.74. The number of fused-ring (bicyclic) bond motifs is 1. The molecule has 39 heavy (non-hydrogen) atoms. The highest BCUT2D eigenvalue weighted by atomic mass is 32.2. The number of carboxylic acids is 1. The number of piperidine rings is 1. The quantitative estimate of drug-likeness (QED) is 0.0873. The van der Waals surface area contributed by atoms with E-state index in [-0.39, 0.29) is 29.9 Å². The molecule has 7 N–H and O–H groups in total. The number of ketones is 1. The average Bonchev–Trinajstić information content (AvgIpc) is 2.90. The Hall–Kier alpha value is -3.81. The molecule has 0 saturated carbocycles. The van der Waals surface area contributed by atoms with E-state index in [4.69, 9.17) is 16.2 Å². The first kappa shape index (κ1) is 29.7. The summed E-state index contributed by atoms with van der Waals surface area (Å²) in [7, 11) is -4.16. The van der Waals surface area contributed by atoms with Crippen LogP contribution in [0, 0.1) is 11.3 Å². The lowest BCUT2D eigenvalue weighted by molar-refractivity contribution is -0.135. The van der Waals surface area contributed by atoms with Gasteiger partial charge < -0.3 is 26.4 Å². The molecule has 1 aliphatic heterocycles. The Labute approximate surface area is 227 Å². The van der Waals surface area contributed by atoms with Gasteiger partial charge in [0.05, 0.1) is 23.9 Å².